The monoisotopic (exact) mass is 1040 g/mol. The Kier molecular flexibility index (Phi) is 15.3. The van der Waals surface area contributed by atoms with Crippen molar-refractivity contribution in [1.29, 1.82) is 0 Å². The fourth-order valence-electron chi connectivity index (χ4n) is 8.04. The quantitative estimate of drug-likeness (QED) is 0.0168. The number of fused-ring (bicyclic) bond motifs is 1. The molecule has 4 heterocycles. The number of esters is 1. The van der Waals surface area contributed by atoms with Gasteiger partial charge >= 0.3 is 12.1 Å². The summed E-state index contributed by atoms with van der Waals surface area (Å²) in [5.74, 6) is -1.67. The van der Waals surface area contributed by atoms with Crippen molar-refractivity contribution in [3.8, 4) is 0 Å². The van der Waals surface area contributed by atoms with E-state index in [1.54, 1.807) is 37.9 Å². The topological polar surface area (TPSA) is 179 Å². The molecule has 7 aromatic rings. The highest BCUT2D eigenvalue weighted by atomic mass is 32.2. The second-order valence-electron chi connectivity index (χ2n) is 17.3. The van der Waals surface area contributed by atoms with Crippen LogP contribution in [0.4, 0.5) is 9.93 Å². The predicted molar refractivity (Wildman–Crippen MR) is 281 cm³/mol. The third-order valence-corrected chi connectivity index (χ3v) is 15.8. The number of carbonyl (C=O) groups excluding carboxylic acids is 4. The lowest BCUT2D eigenvalue weighted by atomic mass is 9.80. The number of aryl methyl sites for hydroxylation is 1. The van der Waals surface area contributed by atoms with Crippen molar-refractivity contribution in [3.05, 3.63) is 207 Å². The van der Waals surface area contributed by atoms with E-state index in [2.05, 4.69) is 30.9 Å². The van der Waals surface area contributed by atoms with Gasteiger partial charge in [0.15, 0.2) is 22.1 Å². The Labute approximate surface area is 432 Å². The number of hydrogen-bond donors (Lipinski definition) is 2. The molecule has 5 aromatic carbocycles. The lowest BCUT2D eigenvalue weighted by Crippen LogP contribution is -2.71. The highest BCUT2D eigenvalue weighted by Crippen LogP contribution is 2.46. The number of β-lactam (4-membered cyclic amide) rings is 1. The number of nitrogens with one attached hydrogen (secondary N) is 2. The van der Waals surface area contributed by atoms with Crippen molar-refractivity contribution in [1.82, 2.24) is 30.0 Å². The second-order valence-corrected chi connectivity index (χ2v) is 21.6. The first-order chi connectivity index (χ1) is 34.9. The van der Waals surface area contributed by atoms with Crippen molar-refractivity contribution >= 4 is 81.3 Å². The SMILES string of the molecule is Cn1ncnc1SCSC1=C(C(=O)OC(c2ccccc2)c2ccccc2)N2C(=O)[C@@H](NC(=O)/C(=N\OC(c3ccccc3)(c3ccccc3)c3ccccc3)c3csc(NC(=O)OC(C)(C)C)n3)[C@H]2SC1. The van der Waals surface area contributed by atoms with Crippen molar-refractivity contribution in [3.63, 3.8) is 0 Å². The van der Waals surface area contributed by atoms with Crippen LogP contribution in [-0.4, -0.2) is 82.1 Å². The van der Waals surface area contributed by atoms with Crippen LogP contribution < -0.4 is 10.6 Å². The van der Waals surface area contributed by atoms with E-state index in [9.17, 15) is 19.2 Å². The zero-order valence-corrected chi connectivity index (χ0v) is 42.7. The molecule has 2 aliphatic heterocycles. The summed E-state index contributed by atoms with van der Waals surface area (Å²) in [7, 11) is 1.80. The average Bonchev–Trinajstić information content (AvgIpc) is 4.04. The van der Waals surface area contributed by atoms with Crippen molar-refractivity contribution in [2.24, 2.45) is 12.2 Å². The number of hydrogen-bond acceptors (Lipinski definition) is 15. The zero-order valence-electron chi connectivity index (χ0n) is 39.4. The molecule has 0 aliphatic carbocycles. The molecule has 19 heteroatoms. The van der Waals surface area contributed by atoms with Gasteiger partial charge in [-0.3, -0.25) is 19.8 Å². The third kappa shape index (κ3) is 11.0. The first-order valence-corrected chi connectivity index (χ1v) is 26.6. The number of carbonyl (C=O) groups is 4. The number of rotatable bonds is 17. The summed E-state index contributed by atoms with van der Waals surface area (Å²) in [4.78, 5) is 75.0. The van der Waals surface area contributed by atoms with E-state index in [-0.39, 0.29) is 22.2 Å². The minimum atomic E-state index is -1.39. The van der Waals surface area contributed by atoms with Crippen LogP contribution in [0.25, 0.3) is 0 Å². The predicted octanol–water partition coefficient (Wildman–Crippen LogP) is 9.76. The highest BCUT2D eigenvalue weighted by molar-refractivity contribution is 8.18. The zero-order chi connectivity index (χ0) is 50.2. The minimum absolute atomic E-state index is 0.0581. The van der Waals surface area contributed by atoms with Crippen LogP contribution in [-0.2, 0) is 41.3 Å². The molecular weight excluding hydrogens is 989 g/mol. The highest BCUT2D eigenvalue weighted by Gasteiger charge is 2.55. The number of ether oxygens (including phenoxy) is 2. The lowest BCUT2D eigenvalue weighted by Gasteiger charge is -2.49. The molecule has 1 fully saturated rings. The molecule has 2 aliphatic rings. The number of nitrogens with zero attached hydrogens (tertiary/aromatic N) is 6. The first kappa shape index (κ1) is 49.8. The summed E-state index contributed by atoms with van der Waals surface area (Å²) in [6.07, 6.45) is -0.0494. The first-order valence-electron chi connectivity index (χ1n) is 22.7. The van der Waals surface area contributed by atoms with Gasteiger partial charge in [-0.15, -0.1) is 34.9 Å². The van der Waals surface area contributed by atoms with Gasteiger partial charge in [-0.25, -0.2) is 24.2 Å². The Morgan fingerprint density at radius 3 is 1.89 bits per heavy atom. The largest absolute Gasteiger partial charge is 0.448 e. The molecule has 0 radical (unpaired) electrons. The van der Waals surface area contributed by atoms with E-state index in [1.165, 1.54) is 46.5 Å². The van der Waals surface area contributed by atoms with Crippen molar-refractivity contribution in [2.45, 2.75) is 54.6 Å². The van der Waals surface area contributed by atoms with Crippen LogP contribution in [0, 0.1) is 0 Å². The normalized spacial score (nSPS) is 15.9. The molecule has 3 amide bonds. The van der Waals surface area contributed by atoms with Crippen molar-refractivity contribution < 1.29 is 33.5 Å². The molecule has 72 heavy (non-hydrogen) atoms. The molecule has 0 saturated carbocycles. The van der Waals surface area contributed by atoms with Gasteiger partial charge in [-0.1, -0.05) is 169 Å². The third-order valence-electron chi connectivity index (χ3n) is 11.3. The molecular formula is C53H48N8O7S4. The number of anilines is 1. The standard InChI is InChI=1S/C53H48N8O7S4/c1-52(2,3)67-51(65)58-49-56-39(30-70-49)41(59-68-53(36-24-14-7-15-25-36,37-26-16-8-17-27-37)38-28-18-9-19-29-38)45(62)57-42-46(63)61-43(40(31-69-47(42)61)71-33-72-50-54-32-55-60(50)4)48(64)66-44(34-20-10-5-11-21-34)35-22-12-6-13-23-35/h5-30,32,42,44,47H,31,33H2,1-4H3,(H,57,62)(H,56,58,65)/b59-41-/t42-,47-/m1/s1. The number of aromatic nitrogens is 4. The summed E-state index contributed by atoms with van der Waals surface area (Å²) >= 11 is 5.31. The Balaban J connectivity index is 1.06. The van der Waals surface area contributed by atoms with Crippen LogP contribution in [0.3, 0.4) is 0 Å². The maximum atomic E-state index is 15.0. The Morgan fingerprint density at radius 1 is 0.806 bits per heavy atom. The molecule has 366 valence electrons. The maximum Gasteiger partial charge on any atom is 0.413 e. The number of amides is 3. The van der Waals surface area contributed by atoms with Gasteiger partial charge in [0.1, 0.15) is 34.7 Å². The van der Waals surface area contributed by atoms with Gasteiger partial charge in [-0.2, -0.15) is 5.10 Å². The smallest absolute Gasteiger partial charge is 0.413 e. The summed E-state index contributed by atoms with van der Waals surface area (Å²) < 4.78 is 13.5. The van der Waals surface area contributed by atoms with E-state index >= 15 is 0 Å². The van der Waals surface area contributed by atoms with Gasteiger partial charge in [0.05, 0.1) is 5.08 Å². The van der Waals surface area contributed by atoms with Crippen LogP contribution >= 0.6 is 46.6 Å². The fraction of sp³-hybridized carbons (Fsp3) is 0.208. The van der Waals surface area contributed by atoms with E-state index in [4.69, 9.17) is 14.3 Å². The van der Waals surface area contributed by atoms with Gasteiger partial charge in [-0.05, 0) is 31.9 Å². The summed E-state index contributed by atoms with van der Waals surface area (Å²) in [5.41, 5.74) is 1.37. The van der Waals surface area contributed by atoms with Crippen molar-refractivity contribution in [2.75, 3.05) is 16.2 Å². The van der Waals surface area contributed by atoms with Crippen LogP contribution in [0.15, 0.2) is 184 Å². The van der Waals surface area contributed by atoms with Gasteiger partial charge in [0.2, 0.25) is 5.60 Å². The van der Waals surface area contributed by atoms with E-state index in [1.807, 2.05) is 152 Å². The molecule has 2 N–H and O–H groups in total. The maximum absolute atomic E-state index is 15.0. The van der Waals surface area contributed by atoms with Crippen LogP contribution in [0.1, 0.15) is 60.4 Å². The van der Waals surface area contributed by atoms with E-state index < -0.39 is 52.6 Å². The van der Waals surface area contributed by atoms with E-state index in [0.29, 0.717) is 20.9 Å². The number of benzene rings is 5. The Hall–Kier alpha value is -7.19. The van der Waals surface area contributed by atoms with E-state index in [0.717, 1.165) is 39.2 Å². The molecule has 1 saturated heterocycles. The molecule has 15 nitrogen and oxygen atoms in total. The molecule has 0 unspecified atom stereocenters. The Morgan fingerprint density at radius 2 is 1.36 bits per heavy atom. The number of thiazole rings is 1. The number of thioether (sulfide) groups is 3. The van der Waals surface area contributed by atoms with Gasteiger partial charge in [0, 0.05) is 39.8 Å². The summed E-state index contributed by atoms with van der Waals surface area (Å²) in [6.45, 7) is 5.23. The minimum Gasteiger partial charge on any atom is -0.448 e. The lowest BCUT2D eigenvalue weighted by molar-refractivity contribution is -0.154. The van der Waals surface area contributed by atoms with Gasteiger partial charge in [0.25, 0.3) is 11.8 Å². The number of oxime groups is 1. The molecule has 2 aromatic heterocycles. The summed E-state index contributed by atoms with van der Waals surface area (Å²) in [6, 6.07) is 46.3. The molecule has 0 spiro atoms. The molecule has 2 atom stereocenters. The van der Waals surface area contributed by atoms with Crippen LogP contribution in [0.5, 0.6) is 0 Å². The molecule has 0 bridgehead atoms. The van der Waals surface area contributed by atoms with Crippen LogP contribution in [0.2, 0.25) is 0 Å². The Bertz CT molecular complexity index is 2960. The fourth-order valence-corrected chi connectivity index (χ4v) is 12.4. The molecule has 9 rings (SSSR count). The second kappa shape index (κ2) is 22.1. The summed E-state index contributed by atoms with van der Waals surface area (Å²) in [5, 5.41) is 16.5. The average molecular weight is 1040 g/mol. The van der Waals surface area contributed by atoms with Gasteiger partial charge < -0.3 is 19.6 Å².